The molecule has 0 saturated carbocycles. The van der Waals surface area contributed by atoms with Gasteiger partial charge >= 0.3 is 0 Å². The monoisotopic (exact) mass is 247 g/mol. The van der Waals surface area contributed by atoms with Gasteiger partial charge in [0.15, 0.2) is 0 Å². The summed E-state index contributed by atoms with van der Waals surface area (Å²) in [4.78, 5) is 1.16. The summed E-state index contributed by atoms with van der Waals surface area (Å²) >= 11 is 1.61. The van der Waals surface area contributed by atoms with Crippen molar-refractivity contribution in [3.63, 3.8) is 0 Å². The number of thioether (sulfide) groups is 1. The van der Waals surface area contributed by atoms with Crippen LogP contribution in [0, 0.1) is 12.7 Å². The van der Waals surface area contributed by atoms with E-state index < -0.39 is 0 Å². The Morgan fingerprint density at radius 2 is 1.88 bits per heavy atom. The van der Waals surface area contributed by atoms with Gasteiger partial charge in [-0.05, 0) is 30.7 Å². The third kappa shape index (κ3) is 2.80. The molecule has 0 aliphatic carbocycles. The molecule has 0 aliphatic heterocycles. The molecule has 88 valence electrons. The minimum atomic E-state index is -0.230. The lowest BCUT2D eigenvalue weighted by atomic mass is 10.2. The Kier molecular flexibility index (Phi) is 3.69. The molecule has 0 atom stereocenters. The molecule has 2 rings (SSSR count). The predicted molar refractivity (Wildman–Crippen MR) is 71.6 cm³/mol. The summed E-state index contributed by atoms with van der Waals surface area (Å²) in [5, 5.41) is 0. The van der Waals surface area contributed by atoms with Crippen LogP contribution in [0.5, 0.6) is 0 Å². The Bertz CT molecular complexity index is 505. The molecule has 0 heterocycles. The number of rotatable bonds is 3. The van der Waals surface area contributed by atoms with E-state index in [4.69, 9.17) is 5.73 Å². The van der Waals surface area contributed by atoms with Gasteiger partial charge in [0.1, 0.15) is 5.82 Å². The van der Waals surface area contributed by atoms with Crippen LogP contribution in [0.15, 0.2) is 47.4 Å². The Hall–Kier alpha value is -1.48. The molecule has 0 fully saturated rings. The van der Waals surface area contributed by atoms with Gasteiger partial charge in [-0.2, -0.15) is 0 Å². The topological polar surface area (TPSA) is 26.0 Å². The third-order valence-corrected chi connectivity index (χ3v) is 3.82. The number of hydrogen-bond donors (Lipinski definition) is 1. The summed E-state index contributed by atoms with van der Waals surface area (Å²) in [6.07, 6.45) is 0. The number of hydrogen-bond acceptors (Lipinski definition) is 2. The molecule has 3 heteroatoms. The molecule has 17 heavy (non-hydrogen) atoms. The van der Waals surface area contributed by atoms with Crippen LogP contribution >= 0.6 is 11.8 Å². The lowest BCUT2D eigenvalue weighted by Gasteiger charge is -2.08. The lowest BCUT2D eigenvalue weighted by Crippen LogP contribution is -1.96. The Morgan fingerprint density at radius 1 is 1.12 bits per heavy atom. The van der Waals surface area contributed by atoms with Gasteiger partial charge < -0.3 is 5.73 Å². The maximum Gasteiger partial charge on any atom is 0.129 e. The number of halogens is 1. The van der Waals surface area contributed by atoms with Crippen molar-refractivity contribution >= 4 is 17.4 Å². The fourth-order valence-corrected chi connectivity index (χ4v) is 2.67. The molecule has 0 unspecified atom stereocenters. The highest BCUT2D eigenvalue weighted by atomic mass is 32.2. The van der Waals surface area contributed by atoms with Crippen molar-refractivity contribution in [2.45, 2.75) is 17.6 Å². The van der Waals surface area contributed by atoms with Crippen molar-refractivity contribution in [1.82, 2.24) is 0 Å². The average molecular weight is 247 g/mol. The van der Waals surface area contributed by atoms with Crippen LogP contribution in [0.25, 0.3) is 0 Å². The summed E-state index contributed by atoms with van der Waals surface area (Å²) in [5.41, 5.74) is 8.08. The number of nitrogen functional groups attached to an aromatic ring is 1. The van der Waals surface area contributed by atoms with Crippen LogP contribution in [-0.4, -0.2) is 0 Å². The van der Waals surface area contributed by atoms with E-state index in [0.29, 0.717) is 17.0 Å². The van der Waals surface area contributed by atoms with Crippen molar-refractivity contribution in [3.05, 3.63) is 59.4 Å². The van der Waals surface area contributed by atoms with Gasteiger partial charge in [-0.25, -0.2) is 4.39 Å². The number of anilines is 1. The molecule has 0 spiro atoms. The molecule has 0 aromatic heterocycles. The minimum absolute atomic E-state index is 0.230. The van der Waals surface area contributed by atoms with Gasteiger partial charge in [-0.1, -0.05) is 24.3 Å². The van der Waals surface area contributed by atoms with Gasteiger partial charge in [-0.3, -0.25) is 0 Å². The molecular weight excluding hydrogens is 233 g/mol. The second-order valence-electron chi connectivity index (χ2n) is 3.86. The Morgan fingerprint density at radius 3 is 2.59 bits per heavy atom. The Labute approximate surface area is 105 Å². The van der Waals surface area contributed by atoms with Crippen LogP contribution in [0.3, 0.4) is 0 Å². The fraction of sp³-hybridized carbons (Fsp3) is 0.143. The molecule has 0 aliphatic rings. The maximum absolute atomic E-state index is 13.6. The van der Waals surface area contributed by atoms with E-state index in [2.05, 4.69) is 0 Å². The largest absolute Gasteiger partial charge is 0.398 e. The van der Waals surface area contributed by atoms with E-state index in [-0.39, 0.29) is 5.82 Å². The number of aryl methyl sites for hydroxylation is 1. The molecule has 0 bridgehead atoms. The molecule has 0 saturated heterocycles. The summed E-state index contributed by atoms with van der Waals surface area (Å²) < 4.78 is 13.6. The van der Waals surface area contributed by atoms with Crippen molar-refractivity contribution < 1.29 is 4.39 Å². The highest BCUT2D eigenvalue weighted by molar-refractivity contribution is 7.98. The van der Waals surface area contributed by atoms with Crippen molar-refractivity contribution in [2.24, 2.45) is 0 Å². The van der Waals surface area contributed by atoms with E-state index in [0.717, 1.165) is 4.90 Å². The van der Waals surface area contributed by atoms with Gasteiger partial charge in [0.25, 0.3) is 0 Å². The van der Waals surface area contributed by atoms with Crippen LogP contribution < -0.4 is 5.73 Å². The maximum atomic E-state index is 13.6. The highest BCUT2D eigenvalue weighted by Crippen LogP contribution is 2.29. The summed E-state index contributed by atoms with van der Waals surface area (Å²) in [6, 6.07) is 12.9. The molecule has 2 aromatic carbocycles. The standard InChI is InChI=1S/C14H14FNS/c1-10-5-2-3-8-14(10)17-9-11-12(15)6-4-7-13(11)16/h2-8H,9,16H2,1H3. The quantitative estimate of drug-likeness (QED) is 0.655. The molecular formula is C14H14FNS. The Balaban J connectivity index is 2.16. The minimum Gasteiger partial charge on any atom is -0.398 e. The molecule has 1 nitrogen and oxygen atoms in total. The first-order valence-electron chi connectivity index (χ1n) is 5.40. The smallest absolute Gasteiger partial charge is 0.129 e. The van der Waals surface area contributed by atoms with Gasteiger partial charge in [0.05, 0.1) is 0 Å². The zero-order valence-electron chi connectivity index (χ0n) is 9.61. The van der Waals surface area contributed by atoms with Gasteiger partial charge in [0, 0.05) is 21.9 Å². The molecule has 2 aromatic rings. The molecule has 0 amide bonds. The van der Waals surface area contributed by atoms with Crippen molar-refractivity contribution in [1.29, 1.82) is 0 Å². The number of nitrogens with two attached hydrogens (primary N) is 1. The van der Waals surface area contributed by atoms with Crippen LogP contribution in [0.2, 0.25) is 0 Å². The third-order valence-electron chi connectivity index (χ3n) is 2.62. The second kappa shape index (κ2) is 5.23. The molecule has 0 radical (unpaired) electrons. The molecule has 2 N–H and O–H groups in total. The zero-order valence-corrected chi connectivity index (χ0v) is 10.4. The van der Waals surface area contributed by atoms with E-state index in [9.17, 15) is 4.39 Å². The second-order valence-corrected chi connectivity index (χ2v) is 4.88. The van der Waals surface area contributed by atoms with Gasteiger partial charge in [-0.15, -0.1) is 11.8 Å². The van der Waals surface area contributed by atoms with E-state index in [1.54, 1.807) is 23.9 Å². The fourth-order valence-electron chi connectivity index (χ4n) is 1.60. The van der Waals surface area contributed by atoms with Crippen LogP contribution in [0.4, 0.5) is 10.1 Å². The average Bonchev–Trinajstić information content (AvgIpc) is 2.30. The first kappa shape index (κ1) is 12.0. The van der Waals surface area contributed by atoms with Crippen molar-refractivity contribution in [3.8, 4) is 0 Å². The predicted octanol–water partition coefficient (Wildman–Crippen LogP) is 4.01. The first-order chi connectivity index (χ1) is 8.18. The summed E-state index contributed by atoms with van der Waals surface area (Å²) in [7, 11) is 0. The SMILES string of the molecule is Cc1ccccc1SCc1c(N)cccc1F. The van der Waals surface area contributed by atoms with Crippen LogP contribution in [0.1, 0.15) is 11.1 Å². The number of benzene rings is 2. The van der Waals surface area contributed by atoms with Gasteiger partial charge in [0.2, 0.25) is 0 Å². The van der Waals surface area contributed by atoms with E-state index in [1.165, 1.54) is 11.6 Å². The summed E-state index contributed by atoms with van der Waals surface area (Å²) in [6.45, 7) is 2.05. The van der Waals surface area contributed by atoms with E-state index >= 15 is 0 Å². The first-order valence-corrected chi connectivity index (χ1v) is 6.38. The van der Waals surface area contributed by atoms with Crippen LogP contribution in [-0.2, 0) is 5.75 Å². The zero-order chi connectivity index (χ0) is 12.3. The summed E-state index contributed by atoms with van der Waals surface area (Å²) in [5.74, 6) is 0.328. The van der Waals surface area contributed by atoms with Crippen molar-refractivity contribution in [2.75, 3.05) is 5.73 Å². The highest BCUT2D eigenvalue weighted by Gasteiger charge is 2.07. The lowest BCUT2D eigenvalue weighted by molar-refractivity contribution is 0.618. The normalized spacial score (nSPS) is 10.5. The van der Waals surface area contributed by atoms with E-state index in [1.807, 2.05) is 31.2 Å².